The van der Waals surface area contributed by atoms with Crippen molar-refractivity contribution in [2.45, 2.75) is 45.0 Å². The summed E-state index contributed by atoms with van der Waals surface area (Å²) in [5.74, 6) is -2.09. The highest BCUT2D eigenvalue weighted by Crippen LogP contribution is 2.34. The van der Waals surface area contributed by atoms with E-state index < -0.39 is 31.7 Å². The third kappa shape index (κ3) is 6.32. The highest BCUT2D eigenvalue weighted by molar-refractivity contribution is 7.25. The summed E-state index contributed by atoms with van der Waals surface area (Å²) < 4.78 is 11.4. The van der Waals surface area contributed by atoms with Gasteiger partial charge in [-0.25, -0.2) is 4.79 Å². The monoisotopic (exact) mass is 494 g/mol. The van der Waals surface area contributed by atoms with Gasteiger partial charge in [0.05, 0.1) is 5.56 Å². The van der Waals surface area contributed by atoms with Crippen LogP contribution in [0.2, 0.25) is 0 Å². The minimum atomic E-state index is -1.43. The number of phenolic OH excluding ortho intramolecular Hbond substituents is 1. The van der Waals surface area contributed by atoms with Crippen LogP contribution in [-0.2, 0) is 27.5 Å². The zero-order valence-electron chi connectivity index (χ0n) is 19.8. The van der Waals surface area contributed by atoms with Crippen LogP contribution in [0.25, 0.3) is 0 Å². The molecule has 0 radical (unpaired) electrons. The molecule has 0 aliphatic carbocycles. The molecular weight excluding hydrogens is 465 g/mol. The number of carboxylic acids is 1. The van der Waals surface area contributed by atoms with E-state index in [9.17, 15) is 29.5 Å². The van der Waals surface area contributed by atoms with E-state index in [1.807, 2.05) is 19.9 Å². The molecule has 7 nitrogen and oxygen atoms in total. The Morgan fingerprint density at radius 1 is 1.00 bits per heavy atom. The van der Waals surface area contributed by atoms with Crippen LogP contribution in [0.15, 0.2) is 60.7 Å². The predicted molar refractivity (Wildman–Crippen MR) is 134 cm³/mol. The summed E-state index contributed by atoms with van der Waals surface area (Å²) in [7, 11) is -0.904. The largest absolute Gasteiger partial charge is 0.507 e. The summed E-state index contributed by atoms with van der Waals surface area (Å²) >= 11 is 0. The highest BCUT2D eigenvalue weighted by Gasteiger charge is 2.32. The van der Waals surface area contributed by atoms with Crippen molar-refractivity contribution >= 4 is 20.3 Å². The second kappa shape index (κ2) is 10.8. The molecule has 0 aliphatic rings. The van der Waals surface area contributed by atoms with E-state index in [4.69, 9.17) is 0 Å². The van der Waals surface area contributed by atoms with Crippen molar-refractivity contribution in [3.63, 3.8) is 0 Å². The number of rotatable bonds is 9. The van der Waals surface area contributed by atoms with Gasteiger partial charge in [-0.2, -0.15) is 0 Å². The number of benzene rings is 3. The normalized spacial score (nSPS) is 13.7. The van der Waals surface area contributed by atoms with Crippen LogP contribution < -0.4 is 5.32 Å². The van der Waals surface area contributed by atoms with Gasteiger partial charge in [-0.05, 0) is 72.4 Å². The lowest BCUT2D eigenvalue weighted by atomic mass is 9.92. The summed E-state index contributed by atoms with van der Waals surface area (Å²) in [4.78, 5) is 24.7. The Labute approximate surface area is 205 Å². The molecule has 0 fully saturated rings. The molecule has 3 atom stereocenters. The number of aromatic hydroxyl groups is 1. The molecular formula is C27H29NO6P+. The average molecular weight is 495 g/mol. The standard InChI is InChI=1S/C27H28NO6P/c1-16-11-20(27(3,33)35-34)12-17(2)21(16)13-19-9-10-24(29)22(14-19)25(30)28-23(26(31)32)15-18-7-5-4-6-8-18/h4-12,14,23,29,33H,13,15H2,1-3H3,(H,28,30)(H,31,32)/p+1. The average Bonchev–Trinajstić information content (AvgIpc) is 2.82. The SMILES string of the molecule is Cc1cc(C(C)(O)[PH+]=O)cc(C)c1Cc1ccc(O)c(C(=O)NC(Cc2ccccc2)C(=O)O)c1. The van der Waals surface area contributed by atoms with Gasteiger partial charge in [0.2, 0.25) is 0 Å². The van der Waals surface area contributed by atoms with Crippen molar-refractivity contribution in [2.24, 2.45) is 0 Å². The number of carboxylic acid groups (broad SMARTS) is 1. The van der Waals surface area contributed by atoms with Crippen LogP contribution >= 0.6 is 8.46 Å². The Morgan fingerprint density at radius 3 is 2.20 bits per heavy atom. The molecule has 0 saturated carbocycles. The zero-order chi connectivity index (χ0) is 25.8. The fraction of sp³-hybridized carbons (Fsp3) is 0.259. The van der Waals surface area contributed by atoms with Gasteiger partial charge in [0, 0.05) is 18.9 Å². The van der Waals surface area contributed by atoms with E-state index in [-0.39, 0.29) is 17.7 Å². The van der Waals surface area contributed by atoms with Crippen molar-refractivity contribution in [1.29, 1.82) is 0 Å². The Morgan fingerprint density at radius 2 is 1.63 bits per heavy atom. The Bertz CT molecular complexity index is 1230. The highest BCUT2D eigenvalue weighted by atomic mass is 31.1. The van der Waals surface area contributed by atoms with Crippen molar-refractivity contribution in [2.75, 3.05) is 0 Å². The minimum absolute atomic E-state index is 0.00998. The summed E-state index contributed by atoms with van der Waals surface area (Å²) in [6, 6.07) is 16.1. The van der Waals surface area contributed by atoms with Gasteiger partial charge in [-0.3, -0.25) is 4.79 Å². The molecule has 3 aromatic rings. The number of aliphatic hydroxyl groups is 1. The van der Waals surface area contributed by atoms with Crippen molar-refractivity contribution in [3.05, 3.63) is 99.6 Å². The van der Waals surface area contributed by atoms with Crippen molar-refractivity contribution in [3.8, 4) is 5.75 Å². The van der Waals surface area contributed by atoms with Gasteiger partial charge in [0.1, 0.15) is 11.8 Å². The molecule has 4 N–H and O–H groups in total. The molecule has 35 heavy (non-hydrogen) atoms. The van der Waals surface area contributed by atoms with E-state index in [2.05, 4.69) is 5.32 Å². The number of phenols is 1. The molecule has 0 aliphatic heterocycles. The van der Waals surface area contributed by atoms with E-state index in [1.165, 1.54) is 13.0 Å². The number of carbonyl (C=O) groups is 2. The first-order valence-electron chi connectivity index (χ1n) is 11.1. The maximum Gasteiger partial charge on any atom is 0.364 e. The van der Waals surface area contributed by atoms with E-state index >= 15 is 0 Å². The molecule has 0 saturated heterocycles. The topological polar surface area (TPSA) is 124 Å². The number of amides is 1. The van der Waals surface area contributed by atoms with E-state index in [1.54, 1.807) is 48.5 Å². The van der Waals surface area contributed by atoms with Crippen LogP contribution in [0.4, 0.5) is 0 Å². The molecule has 3 aromatic carbocycles. The molecule has 182 valence electrons. The van der Waals surface area contributed by atoms with Crippen LogP contribution in [0, 0.1) is 13.8 Å². The van der Waals surface area contributed by atoms with E-state index in [0.717, 1.165) is 27.8 Å². The van der Waals surface area contributed by atoms with Crippen LogP contribution in [0.1, 0.15) is 50.7 Å². The lowest BCUT2D eigenvalue weighted by Gasteiger charge is -2.17. The van der Waals surface area contributed by atoms with Gasteiger partial charge < -0.3 is 20.6 Å². The molecule has 8 heteroatoms. The minimum Gasteiger partial charge on any atom is -0.507 e. The molecule has 0 bridgehead atoms. The van der Waals surface area contributed by atoms with Crippen molar-refractivity contribution in [1.82, 2.24) is 5.32 Å². The smallest absolute Gasteiger partial charge is 0.364 e. The van der Waals surface area contributed by atoms with Gasteiger partial charge in [0.15, 0.2) is 0 Å². The van der Waals surface area contributed by atoms with E-state index in [0.29, 0.717) is 12.0 Å². The van der Waals surface area contributed by atoms with Crippen LogP contribution in [-0.4, -0.2) is 33.2 Å². The van der Waals surface area contributed by atoms with Crippen LogP contribution in [0.3, 0.4) is 0 Å². The van der Waals surface area contributed by atoms with Gasteiger partial charge in [0.25, 0.3) is 11.2 Å². The number of hydrogen-bond donors (Lipinski definition) is 4. The third-order valence-corrected chi connectivity index (χ3v) is 6.72. The Balaban J connectivity index is 1.84. The molecule has 3 rings (SSSR count). The molecule has 0 heterocycles. The molecule has 1 amide bonds. The Hall–Kier alpha value is -3.54. The van der Waals surface area contributed by atoms with Crippen LogP contribution in [0.5, 0.6) is 5.75 Å². The quantitative estimate of drug-likeness (QED) is 0.330. The molecule has 0 spiro atoms. The summed E-state index contributed by atoms with van der Waals surface area (Å²) in [5.41, 5.74) is 4.84. The Kier molecular flexibility index (Phi) is 8.05. The number of nitrogens with one attached hydrogen (secondary N) is 1. The lowest BCUT2D eigenvalue weighted by molar-refractivity contribution is -0.139. The lowest BCUT2D eigenvalue weighted by Crippen LogP contribution is -2.42. The second-order valence-corrected chi connectivity index (χ2v) is 10.0. The summed E-state index contributed by atoms with van der Waals surface area (Å²) in [5, 5.41) is 31.3. The number of aryl methyl sites for hydroxylation is 2. The number of aliphatic carboxylic acids is 1. The van der Waals surface area contributed by atoms with Gasteiger partial charge >= 0.3 is 14.4 Å². The molecule has 3 unspecified atom stereocenters. The predicted octanol–water partition coefficient (Wildman–Crippen LogP) is 4.21. The fourth-order valence-electron chi connectivity index (χ4n) is 3.98. The maximum absolute atomic E-state index is 12.9. The first kappa shape index (κ1) is 26.1. The summed E-state index contributed by atoms with van der Waals surface area (Å²) in [6.45, 7) is 5.29. The first-order chi connectivity index (χ1) is 16.5. The summed E-state index contributed by atoms with van der Waals surface area (Å²) in [6.07, 6.45) is 0.563. The number of hydrogen-bond acceptors (Lipinski definition) is 5. The number of carbonyl (C=O) groups excluding carboxylic acids is 1. The zero-order valence-corrected chi connectivity index (χ0v) is 20.8. The first-order valence-corrected chi connectivity index (χ1v) is 12.0. The van der Waals surface area contributed by atoms with Crippen molar-refractivity contribution < 1.29 is 29.5 Å². The third-order valence-electron chi connectivity index (χ3n) is 6.03. The fourth-order valence-corrected chi connectivity index (χ4v) is 4.24. The second-order valence-electron chi connectivity index (χ2n) is 8.85. The maximum atomic E-state index is 12.9. The van der Waals surface area contributed by atoms with Gasteiger partial charge in [-0.15, -0.1) is 0 Å². The molecule has 0 aromatic heterocycles. The van der Waals surface area contributed by atoms with Gasteiger partial charge in [-0.1, -0.05) is 41.0 Å².